The van der Waals surface area contributed by atoms with Crippen molar-refractivity contribution in [3.8, 4) is 0 Å². The topological polar surface area (TPSA) is 23.5 Å². The van der Waals surface area contributed by atoms with Crippen LogP contribution in [0.4, 0.5) is 0 Å². The predicted octanol–water partition coefficient (Wildman–Crippen LogP) is 2.51. The van der Waals surface area contributed by atoms with Crippen LogP contribution in [-0.4, -0.2) is 29.6 Å². The zero-order valence-electron chi connectivity index (χ0n) is 9.32. The summed E-state index contributed by atoms with van der Waals surface area (Å²) in [6.45, 7) is 4.20. The number of likely N-dealkylation sites (N-methyl/N-ethyl adjacent to an activating group) is 1. The van der Waals surface area contributed by atoms with Gasteiger partial charge in [0, 0.05) is 5.54 Å². The molecule has 80 valence electrons. The molecule has 0 aromatic carbocycles. The number of aliphatic hydroxyl groups is 1. The molecule has 0 spiro atoms. The molecule has 0 amide bonds. The minimum atomic E-state index is -0.409. The summed E-state index contributed by atoms with van der Waals surface area (Å²) >= 11 is 1.63. The smallest absolute Gasteiger partial charge is 0.0978 e. The van der Waals surface area contributed by atoms with Gasteiger partial charge >= 0.3 is 0 Å². The Morgan fingerprint density at radius 3 is 2.57 bits per heavy atom. The Morgan fingerprint density at radius 2 is 2.21 bits per heavy atom. The third-order valence-corrected chi connectivity index (χ3v) is 3.89. The van der Waals surface area contributed by atoms with E-state index in [4.69, 9.17) is 0 Å². The van der Waals surface area contributed by atoms with E-state index in [9.17, 15) is 5.11 Å². The first-order chi connectivity index (χ1) is 6.52. The van der Waals surface area contributed by atoms with Crippen LogP contribution in [0.1, 0.15) is 31.9 Å². The molecule has 0 radical (unpaired) electrons. The molecule has 0 aliphatic rings. The van der Waals surface area contributed by atoms with Crippen molar-refractivity contribution < 1.29 is 5.11 Å². The first-order valence-electron chi connectivity index (χ1n) is 4.90. The maximum atomic E-state index is 10.3. The van der Waals surface area contributed by atoms with Gasteiger partial charge in [-0.2, -0.15) is 11.3 Å². The van der Waals surface area contributed by atoms with Crippen LogP contribution < -0.4 is 0 Å². The molecule has 14 heavy (non-hydrogen) atoms. The van der Waals surface area contributed by atoms with E-state index in [1.807, 2.05) is 30.9 Å². The van der Waals surface area contributed by atoms with Gasteiger partial charge in [0.1, 0.15) is 0 Å². The van der Waals surface area contributed by atoms with E-state index in [-0.39, 0.29) is 5.54 Å². The predicted molar refractivity (Wildman–Crippen MR) is 61.7 cm³/mol. The molecular weight excluding hydrogens is 194 g/mol. The highest BCUT2D eigenvalue weighted by atomic mass is 32.1. The summed E-state index contributed by atoms with van der Waals surface area (Å²) in [4.78, 5) is 2.09. The van der Waals surface area contributed by atoms with Gasteiger partial charge in [-0.05, 0) is 49.8 Å². The fourth-order valence-corrected chi connectivity index (χ4v) is 2.22. The van der Waals surface area contributed by atoms with Gasteiger partial charge < -0.3 is 10.0 Å². The lowest BCUT2D eigenvalue weighted by molar-refractivity contribution is 0.00112. The van der Waals surface area contributed by atoms with Gasteiger partial charge in [0.2, 0.25) is 0 Å². The lowest BCUT2D eigenvalue weighted by atomic mass is 9.87. The monoisotopic (exact) mass is 213 g/mol. The third kappa shape index (κ3) is 2.00. The van der Waals surface area contributed by atoms with Gasteiger partial charge in [-0.1, -0.05) is 6.92 Å². The molecule has 0 saturated heterocycles. The van der Waals surface area contributed by atoms with Crippen molar-refractivity contribution in [1.29, 1.82) is 0 Å². The van der Waals surface area contributed by atoms with Crippen molar-refractivity contribution in [3.63, 3.8) is 0 Å². The summed E-state index contributed by atoms with van der Waals surface area (Å²) in [5.74, 6) is 0. The van der Waals surface area contributed by atoms with Crippen LogP contribution in [0.3, 0.4) is 0 Å². The highest BCUT2D eigenvalue weighted by Gasteiger charge is 2.34. The quantitative estimate of drug-likeness (QED) is 0.830. The molecule has 2 atom stereocenters. The minimum Gasteiger partial charge on any atom is -0.386 e. The third-order valence-electron chi connectivity index (χ3n) is 3.19. The molecule has 0 aliphatic heterocycles. The number of nitrogens with zero attached hydrogens (tertiary/aromatic N) is 1. The molecule has 0 saturated carbocycles. The van der Waals surface area contributed by atoms with Crippen LogP contribution in [-0.2, 0) is 0 Å². The second-order valence-corrected chi connectivity index (χ2v) is 4.84. The Kier molecular flexibility index (Phi) is 3.70. The summed E-state index contributed by atoms with van der Waals surface area (Å²) in [6.07, 6.45) is 0.519. The number of rotatable bonds is 4. The normalized spacial score (nSPS) is 18.1. The Balaban J connectivity index is 2.90. The van der Waals surface area contributed by atoms with Gasteiger partial charge in [0.25, 0.3) is 0 Å². The van der Waals surface area contributed by atoms with Gasteiger partial charge in [-0.3, -0.25) is 0 Å². The van der Waals surface area contributed by atoms with Crippen LogP contribution in [0.25, 0.3) is 0 Å². The van der Waals surface area contributed by atoms with Gasteiger partial charge in [-0.25, -0.2) is 0 Å². The number of thiophene rings is 1. The van der Waals surface area contributed by atoms with Crippen LogP contribution in [0, 0.1) is 0 Å². The maximum Gasteiger partial charge on any atom is 0.0978 e. The molecule has 1 heterocycles. The van der Waals surface area contributed by atoms with E-state index in [0.717, 1.165) is 12.0 Å². The lowest BCUT2D eigenvalue weighted by Crippen LogP contribution is -2.46. The molecule has 0 bridgehead atoms. The highest BCUT2D eigenvalue weighted by molar-refractivity contribution is 7.07. The van der Waals surface area contributed by atoms with Crippen molar-refractivity contribution in [3.05, 3.63) is 22.4 Å². The number of hydrogen-bond acceptors (Lipinski definition) is 3. The summed E-state index contributed by atoms with van der Waals surface area (Å²) < 4.78 is 0. The Labute approximate surface area is 90.2 Å². The Morgan fingerprint density at radius 1 is 1.57 bits per heavy atom. The lowest BCUT2D eigenvalue weighted by Gasteiger charge is -2.39. The molecule has 0 aliphatic carbocycles. The Bertz CT molecular complexity index is 271. The second kappa shape index (κ2) is 4.43. The van der Waals surface area contributed by atoms with Crippen LogP contribution >= 0.6 is 11.3 Å². The zero-order valence-corrected chi connectivity index (χ0v) is 10.1. The fourth-order valence-electron chi connectivity index (χ4n) is 1.54. The van der Waals surface area contributed by atoms with E-state index < -0.39 is 6.10 Å². The van der Waals surface area contributed by atoms with E-state index in [1.165, 1.54) is 0 Å². The Hall–Kier alpha value is -0.380. The van der Waals surface area contributed by atoms with Crippen molar-refractivity contribution in [2.75, 3.05) is 14.1 Å². The van der Waals surface area contributed by atoms with E-state index in [1.54, 1.807) is 11.3 Å². The first-order valence-corrected chi connectivity index (χ1v) is 5.84. The number of aliphatic hydroxyl groups excluding tert-OH is 1. The maximum absolute atomic E-state index is 10.3. The molecule has 3 heteroatoms. The van der Waals surface area contributed by atoms with Crippen LogP contribution in [0.15, 0.2) is 16.8 Å². The van der Waals surface area contributed by atoms with Crippen molar-refractivity contribution in [2.24, 2.45) is 0 Å². The first kappa shape index (κ1) is 11.7. The fraction of sp³-hybridized carbons (Fsp3) is 0.636. The summed E-state index contributed by atoms with van der Waals surface area (Å²) in [7, 11) is 4.03. The zero-order chi connectivity index (χ0) is 10.8. The molecule has 2 unspecified atom stereocenters. The van der Waals surface area contributed by atoms with Gasteiger partial charge in [-0.15, -0.1) is 0 Å². The highest BCUT2D eigenvalue weighted by Crippen LogP contribution is 2.33. The van der Waals surface area contributed by atoms with Crippen molar-refractivity contribution in [2.45, 2.75) is 31.9 Å². The summed E-state index contributed by atoms with van der Waals surface area (Å²) in [5.41, 5.74) is 0.842. The average molecular weight is 213 g/mol. The van der Waals surface area contributed by atoms with Crippen LogP contribution in [0.5, 0.6) is 0 Å². The standard InChI is InChI=1S/C11H19NOS/c1-5-11(2,12(3)4)10(13)9-6-7-14-8-9/h6-8,10,13H,5H2,1-4H3. The van der Waals surface area contributed by atoms with E-state index in [0.29, 0.717) is 0 Å². The minimum absolute atomic E-state index is 0.179. The molecule has 2 nitrogen and oxygen atoms in total. The van der Waals surface area contributed by atoms with Crippen LogP contribution in [0.2, 0.25) is 0 Å². The van der Waals surface area contributed by atoms with E-state index >= 15 is 0 Å². The molecule has 1 aromatic rings. The molecule has 1 rings (SSSR count). The molecule has 1 N–H and O–H groups in total. The van der Waals surface area contributed by atoms with Gasteiger partial charge in [0.15, 0.2) is 0 Å². The second-order valence-electron chi connectivity index (χ2n) is 4.06. The number of hydrogen-bond donors (Lipinski definition) is 1. The molecule has 0 fully saturated rings. The van der Waals surface area contributed by atoms with Crippen molar-refractivity contribution in [1.82, 2.24) is 4.90 Å². The summed E-state index contributed by atoms with van der Waals surface area (Å²) in [6, 6.07) is 1.99. The average Bonchev–Trinajstić information content (AvgIpc) is 2.67. The largest absolute Gasteiger partial charge is 0.386 e. The van der Waals surface area contributed by atoms with Crippen molar-refractivity contribution >= 4 is 11.3 Å². The molecular formula is C11H19NOS. The summed E-state index contributed by atoms with van der Waals surface area (Å²) in [5, 5.41) is 14.3. The molecule has 1 aromatic heterocycles. The van der Waals surface area contributed by atoms with Gasteiger partial charge in [0.05, 0.1) is 6.10 Å². The van der Waals surface area contributed by atoms with E-state index in [2.05, 4.69) is 18.7 Å². The SMILES string of the molecule is CCC(C)(C(O)c1ccsc1)N(C)C.